The molecule has 5 heteroatoms. The number of benzene rings is 1. The Morgan fingerprint density at radius 2 is 1.76 bits per heavy atom. The molecule has 0 aliphatic carbocycles. The maximum absolute atomic E-state index is 11.5. The fraction of sp³-hybridized carbons (Fsp3) is 0.562. The summed E-state index contributed by atoms with van der Waals surface area (Å²) in [5.41, 5.74) is 1.22. The van der Waals surface area contributed by atoms with Crippen LogP contribution in [-0.2, 0) is 9.53 Å². The van der Waals surface area contributed by atoms with E-state index in [4.69, 9.17) is 9.47 Å². The molecule has 1 aromatic rings. The van der Waals surface area contributed by atoms with Crippen molar-refractivity contribution in [2.45, 2.75) is 6.92 Å². The van der Waals surface area contributed by atoms with E-state index in [1.54, 1.807) is 7.11 Å². The van der Waals surface area contributed by atoms with Gasteiger partial charge in [0, 0.05) is 38.4 Å². The number of ether oxygens (including phenoxy) is 2. The van der Waals surface area contributed by atoms with Crippen LogP contribution in [0, 0.1) is 5.92 Å². The summed E-state index contributed by atoms with van der Waals surface area (Å²) in [7, 11) is 3.12. The lowest BCUT2D eigenvalue weighted by molar-refractivity contribution is -0.145. The van der Waals surface area contributed by atoms with Crippen molar-refractivity contribution in [2.24, 2.45) is 5.92 Å². The summed E-state index contributed by atoms with van der Waals surface area (Å²) in [6.07, 6.45) is 0. The highest BCUT2D eigenvalue weighted by Gasteiger charge is 2.22. The second-order valence-corrected chi connectivity index (χ2v) is 5.41. The number of hydrogen-bond acceptors (Lipinski definition) is 5. The van der Waals surface area contributed by atoms with Crippen molar-refractivity contribution in [1.29, 1.82) is 0 Å². The van der Waals surface area contributed by atoms with Gasteiger partial charge in [0.15, 0.2) is 0 Å². The van der Waals surface area contributed by atoms with Crippen LogP contribution in [0.2, 0.25) is 0 Å². The number of piperazine rings is 1. The molecule has 0 spiro atoms. The molecule has 0 saturated carbocycles. The van der Waals surface area contributed by atoms with Gasteiger partial charge in [0.2, 0.25) is 0 Å². The monoisotopic (exact) mass is 292 g/mol. The summed E-state index contributed by atoms with van der Waals surface area (Å²) in [4.78, 5) is 16.1. The minimum atomic E-state index is -0.132. The van der Waals surface area contributed by atoms with Crippen molar-refractivity contribution < 1.29 is 14.3 Å². The minimum Gasteiger partial charge on any atom is -0.497 e. The Labute approximate surface area is 126 Å². The lowest BCUT2D eigenvalue weighted by atomic mass is 10.1. The van der Waals surface area contributed by atoms with Gasteiger partial charge in [-0.1, -0.05) is 6.92 Å². The van der Waals surface area contributed by atoms with Crippen LogP contribution < -0.4 is 9.64 Å². The molecule has 1 atom stereocenters. The van der Waals surface area contributed by atoms with Crippen molar-refractivity contribution >= 4 is 11.7 Å². The molecule has 0 N–H and O–H groups in total. The van der Waals surface area contributed by atoms with Gasteiger partial charge in [-0.3, -0.25) is 9.69 Å². The molecule has 0 amide bonds. The Kier molecular flexibility index (Phi) is 5.44. The third-order valence-electron chi connectivity index (χ3n) is 3.95. The zero-order chi connectivity index (χ0) is 15.2. The van der Waals surface area contributed by atoms with Crippen LogP contribution in [0.5, 0.6) is 5.75 Å². The summed E-state index contributed by atoms with van der Waals surface area (Å²) in [6.45, 7) is 6.56. The largest absolute Gasteiger partial charge is 0.497 e. The maximum atomic E-state index is 11.5. The van der Waals surface area contributed by atoms with E-state index in [9.17, 15) is 4.79 Å². The lowest BCUT2D eigenvalue weighted by Crippen LogP contribution is -2.48. The van der Waals surface area contributed by atoms with Crippen LogP contribution >= 0.6 is 0 Å². The molecule has 0 aromatic heterocycles. The smallest absolute Gasteiger partial charge is 0.309 e. The van der Waals surface area contributed by atoms with Gasteiger partial charge in [0.25, 0.3) is 0 Å². The van der Waals surface area contributed by atoms with Crippen LogP contribution in [0.1, 0.15) is 6.92 Å². The highest BCUT2D eigenvalue weighted by molar-refractivity contribution is 5.72. The third-order valence-corrected chi connectivity index (χ3v) is 3.95. The predicted molar refractivity (Wildman–Crippen MR) is 82.8 cm³/mol. The van der Waals surface area contributed by atoms with Crippen molar-refractivity contribution in [1.82, 2.24) is 4.90 Å². The van der Waals surface area contributed by atoms with E-state index in [2.05, 4.69) is 21.9 Å². The van der Waals surface area contributed by atoms with E-state index in [0.29, 0.717) is 0 Å². The number of anilines is 1. The second kappa shape index (κ2) is 7.31. The van der Waals surface area contributed by atoms with Crippen molar-refractivity contribution in [2.75, 3.05) is 51.8 Å². The number of carbonyl (C=O) groups excluding carboxylic acids is 1. The topological polar surface area (TPSA) is 42.0 Å². The Balaban J connectivity index is 1.83. The van der Waals surface area contributed by atoms with Gasteiger partial charge in [0.05, 0.1) is 20.1 Å². The lowest BCUT2D eigenvalue weighted by Gasteiger charge is -2.36. The van der Waals surface area contributed by atoms with E-state index < -0.39 is 0 Å². The second-order valence-electron chi connectivity index (χ2n) is 5.41. The van der Waals surface area contributed by atoms with Crippen LogP contribution in [0.3, 0.4) is 0 Å². The highest BCUT2D eigenvalue weighted by Crippen LogP contribution is 2.20. The first-order valence-electron chi connectivity index (χ1n) is 7.33. The Morgan fingerprint density at radius 1 is 1.14 bits per heavy atom. The van der Waals surface area contributed by atoms with Crippen LogP contribution in [0.4, 0.5) is 5.69 Å². The van der Waals surface area contributed by atoms with E-state index in [1.165, 1.54) is 12.8 Å². The van der Waals surface area contributed by atoms with Gasteiger partial charge in [-0.25, -0.2) is 0 Å². The molecule has 0 bridgehead atoms. The van der Waals surface area contributed by atoms with E-state index in [0.717, 1.165) is 38.5 Å². The van der Waals surface area contributed by atoms with Crippen molar-refractivity contribution in [3.8, 4) is 5.75 Å². The van der Waals surface area contributed by atoms with Gasteiger partial charge in [-0.05, 0) is 24.3 Å². The summed E-state index contributed by atoms with van der Waals surface area (Å²) in [6, 6.07) is 8.15. The fourth-order valence-electron chi connectivity index (χ4n) is 2.64. The van der Waals surface area contributed by atoms with Crippen molar-refractivity contribution in [3.63, 3.8) is 0 Å². The number of carbonyl (C=O) groups is 1. The summed E-state index contributed by atoms with van der Waals surface area (Å²) >= 11 is 0. The molecule has 1 saturated heterocycles. The van der Waals surface area contributed by atoms with E-state index in [1.807, 2.05) is 19.1 Å². The van der Waals surface area contributed by atoms with Gasteiger partial charge in [-0.2, -0.15) is 0 Å². The average molecular weight is 292 g/mol. The molecule has 1 aliphatic rings. The predicted octanol–water partition coefficient (Wildman–Crippen LogP) is 1.63. The molecule has 21 heavy (non-hydrogen) atoms. The Hall–Kier alpha value is -1.75. The molecule has 116 valence electrons. The quantitative estimate of drug-likeness (QED) is 0.772. The molecular formula is C16H24N2O3. The van der Waals surface area contributed by atoms with Crippen molar-refractivity contribution in [3.05, 3.63) is 24.3 Å². The van der Waals surface area contributed by atoms with Gasteiger partial charge in [-0.15, -0.1) is 0 Å². The first kappa shape index (κ1) is 15.6. The number of hydrogen-bond donors (Lipinski definition) is 0. The molecule has 1 unspecified atom stereocenters. The Morgan fingerprint density at radius 3 is 2.29 bits per heavy atom. The third kappa shape index (κ3) is 4.11. The normalized spacial score (nSPS) is 17.4. The molecule has 1 heterocycles. The van der Waals surface area contributed by atoms with Gasteiger partial charge < -0.3 is 14.4 Å². The molecular weight excluding hydrogens is 268 g/mol. The van der Waals surface area contributed by atoms with E-state index >= 15 is 0 Å². The molecule has 2 rings (SSSR count). The molecule has 0 radical (unpaired) electrons. The minimum absolute atomic E-state index is 0.0671. The van der Waals surface area contributed by atoms with Crippen LogP contribution in [-0.4, -0.2) is 57.8 Å². The molecule has 1 fully saturated rings. The number of nitrogens with zero attached hydrogens (tertiary/aromatic N) is 2. The summed E-state index contributed by atoms with van der Waals surface area (Å²) in [5, 5.41) is 0. The number of esters is 1. The van der Waals surface area contributed by atoms with E-state index in [-0.39, 0.29) is 11.9 Å². The first-order valence-corrected chi connectivity index (χ1v) is 7.33. The highest BCUT2D eigenvalue weighted by atomic mass is 16.5. The zero-order valence-corrected chi connectivity index (χ0v) is 13.0. The zero-order valence-electron chi connectivity index (χ0n) is 13.0. The summed E-state index contributed by atoms with van der Waals surface area (Å²) in [5.74, 6) is 0.680. The fourth-order valence-corrected chi connectivity index (χ4v) is 2.64. The van der Waals surface area contributed by atoms with Crippen LogP contribution in [0.25, 0.3) is 0 Å². The number of rotatable bonds is 5. The summed E-state index contributed by atoms with van der Waals surface area (Å²) < 4.78 is 9.96. The first-order chi connectivity index (χ1) is 10.1. The van der Waals surface area contributed by atoms with Crippen LogP contribution in [0.15, 0.2) is 24.3 Å². The average Bonchev–Trinajstić information content (AvgIpc) is 2.55. The van der Waals surface area contributed by atoms with Gasteiger partial charge in [0.1, 0.15) is 5.75 Å². The maximum Gasteiger partial charge on any atom is 0.309 e. The molecule has 5 nitrogen and oxygen atoms in total. The van der Waals surface area contributed by atoms with Gasteiger partial charge >= 0.3 is 5.97 Å². The standard InChI is InChI=1S/C16H24N2O3/c1-13(16(19)21-3)12-17-8-10-18(11-9-17)14-4-6-15(20-2)7-5-14/h4-7,13H,8-12H2,1-3H3. The molecule has 1 aliphatic heterocycles. The molecule has 1 aromatic carbocycles. The SMILES string of the molecule is COC(=O)C(C)CN1CCN(c2ccc(OC)cc2)CC1. The Bertz CT molecular complexity index is 453. The number of methoxy groups -OCH3 is 2.